The molecular weight excluding hydrogens is 424 g/mol. The van der Waals surface area contributed by atoms with Crippen molar-refractivity contribution in [2.45, 2.75) is 54.7 Å². The summed E-state index contributed by atoms with van der Waals surface area (Å²) in [6.07, 6.45) is -0.171. The van der Waals surface area contributed by atoms with Gasteiger partial charge in [-0.25, -0.2) is 0 Å². The molecule has 5 rings (SSSR count). The van der Waals surface area contributed by atoms with Crippen LogP contribution in [0.25, 0.3) is 0 Å². The Kier molecular flexibility index (Phi) is 3.68. The highest BCUT2D eigenvalue weighted by Gasteiger charge is 2.82. The van der Waals surface area contributed by atoms with Crippen LogP contribution >= 0.6 is 46.4 Å². The van der Waals surface area contributed by atoms with Crippen LogP contribution in [0.4, 0.5) is 0 Å². The van der Waals surface area contributed by atoms with Gasteiger partial charge in [-0.05, 0) is 19.8 Å². The normalized spacial score (nSPS) is 52.3. The molecule has 4 fully saturated rings. The van der Waals surface area contributed by atoms with E-state index >= 15 is 0 Å². The topological polar surface area (TPSA) is 55.8 Å². The number of imide groups is 1. The molecule has 2 amide bonds. The summed E-state index contributed by atoms with van der Waals surface area (Å²) in [5, 5.41) is 1.61. The van der Waals surface area contributed by atoms with E-state index in [1.165, 1.54) is 0 Å². The average Bonchev–Trinajstić information content (AvgIpc) is 3.32. The maximum absolute atomic E-state index is 12.9. The Labute approximate surface area is 170 Å². The van der Waals surface area contributed by atoms with Crippen LogP contribution in [0, 0.1) is 23.7 Å². The summed E-state index contributed by atoms with van der Waals surface area (Å²) in [5.74, 6) is -2.41. The Morgan fingerprint density at radius 3 is 2.00 bits per heavy atom. The first-order valence-corrected chi connectivity index (χ1v) is 10.3. The van der Waals surface area contributed by atoms with Crippen molar-refractivity contribution in [2.75, 3.05) is 0 Å². The van der Waals surface area contributed by atoms with Crippen LogP contribution in [-0.2, 0) is 19.2 Å². The van der Waals surface area contributed by atoms with Gasteiger partial charge in [-0.15, -0.1) is 23.2 Å². The molecule has 4 bridgehead atoms. The van der Waals surface area contributed by atoms with Crippen LogP contribution in [0.1, 0.15) is 26.7 Å². The molecule has 0 aromatic rings. The van der Waals surface area contributed by atoms with E-state index < -0.39 is 33.8 Å². The minimum atomic E-state index is -0.941. The van der Waals surface area contributed by atoms with Crippen molar-refractivity contribution in [3.05, 3.63) is 10.1 Å². The molecule has 3 aliphatic heterocycles. The molecule has 3 heterocycles. The zero-order chi connectivity index (χ0) is 18.8. The number of nitrogens with zero attached hydrogens (tertiary/aromatic N) is 1. The number of hydroxylamine groups is 2. The number of rotatable bonds is 3. The standard InChI is InChI=1S/C17H17Cl4NO4/c1-3-5(2)26-22-14(23)6-7(15(22)24)11-9-8(10(6)25-11)16(20)4-17(9,21)13(19)12(16)18/h5-11H,3-4H2,1-2H3/t5-,6-,7+,8-,9-,10+,11+,16+,17+/m0/s1. The van der Waals surface area contributed by atoms with Crippen molar-refractivity contribution in [1.82, 2.24) is 5.06 Å². The molecule has 0 spiro atoms. The molecule has 0 aromatic heterocycles. The van der Waals surface area contributed by atoms with E-state index in [1.54, 1.807) is 0 Å². The molecule has 0 unspecified atom stereocenters. The van der Waals surface area contributed by atoms with Crippen LogP contribution in [0.15, 0.2) is 10.1 Å². The summed E-state index contributed by atoms with van der Waals surface area (Å²) in [5.41, 5.74) is 0. The Balaban J connectivity index is 1.54. The van der Waals surface area contributed by atoms with Gasteiger partial charge in [0.2, 0.25) is 0 Å². The molecule has 9 heteroatoms. The molecule has 5 nitrogen and oxygen atoms in total. The zero-order valence-electron chi connectivity index (χ0n) is 14.0. The van der Waals surface area contributed by atoms with Gasteiger partial charge in [0.15, 0.2) is 0 Å². The second kappa shape index (κ2) is 5.31. The quantitative estimate of drug-likeness (QED) is 0.498. The van der Waals surface area contributed by atoms with Crippen LogP contribution in [0.2, 0.25) is 0 Å². The van der Waals surface area contributed by atoms with Gasteiger partial charge in [0.05, 0.1) is 50.0 Å². The smallest absolute Gasteiger partial charge is 0.260 e. The summed E-state index contributed by atoms with van der Waals surface area (Å²) < 4.78 is 6.10. The van der Waals surface area contributed by atoms with Crippen molar-refractivity contribution in [1.29, 1.82) is 0 Å². The second-order valence-corrected chi connectivity index (χ2v) is 10.1. The van der Waals surface area contributed by atoms with Crippen molar-refractivity contribution >= 4 is 58.2 Å². The monoisotopic (exact) mass is 439 g/mol. The number of halogens is 4. The Hall–Kier alpha value is -0.0400. The van der Waals surface area contributed by atoms with Crippen LogP contribution in [0.5, 0.6) is 0 Å². The lowest BCUT2D eigenvalue weighted by Crippen LogP contribution is -2.50. The fourth-order valence-corrected chi connectivity index (χ4v) is 7.64. The highest BCUT2D eigenvalue weighted by atomic mass is 35.5. The summed E-state index contributed by atoms with van der Waals surface area (Å²) >= 11 is 26.5. The highest BCUT2D eigenvalue weighted by molar-refractivity contribution is 6.51. The number of hydrogen-bond donors (Lipinski definition) is 0. The lowest BCUT2D eigenvalue weighted by Gasteiger charge is -2.40. The van der Waals surface area contributed by atoms with Gasteiger partial charge in [0.25, 0.3) is 11.8 Å². The summed E-state index contributed by atoms with van der Waals surface area (Å²) in [6, 6.07) is 0. The molecule has 3 saturated heterocycles. The second-order valence-electron chi connectivity index (χ2n) is 7.99. The average molecular weight is 441 g/mol. The molecule has 0 N–H and O–H groups in total. The molecular formula is C17H17Cl4NO4. The molecule has 9 atom stereocenters. The van der Waals surface area contributed by atoms with Gasteiger partial charge in [-0.3, -0.25) is 14.4 Å². The SMILES string of the molecule is CC[C@H](C)ON1C(=O)[C@@H]2[C@H]3O[C@H]([C@@H]2C1=O)[C@@H]1[C@@H]3[C@]2(Cl)C[C@]1(Cl)C(Cl)=C2Cl. The van der Waals surface area contributed by atoms with E-state index in [4.69, 9.17) is 56.0 Å². The number of carbonyl (C=O) groups is 2. The van der Waals surface area contributed by atoms with Crippen molar-refractivity contribution in [2.24, 2.45) is 23.7 Å². The lowest BCUT2D eigenvalue weighted by atomic mass is 9.65. The van der Waals surface area contributed by atoms with Crippen molar-refractivity contribution < 1.29 is 19.2 Å². The minimum Gasteiger partial charge on any atom is -0.373 e. The van der Waals surface area contributed by atoms with Crippen LogP contribution < -0.4 is 0 Å². The molecule has 5 aliphatic rings. The molecule has 142 valence electrons. The Morgan fingerprint density at radius 2 is 1.58 bits per heavy atom. The van der Waals surface area contributed by atoms with Gasteiger partial charge < -0.3 is 4.74 Å². The van der Waals surface area contributed by atoms with Crippen LogP contribution in [0.3, 0.4) is 0 Å². The predicted molar refractivity (Wildman–Crippen MR) is 95.8 cm³/mol. The van der Waals surface area contributed by atoms with Crippen molar-refractivity contribution in [3.63, 3.8) is 0 Å². The molecule has 2 aliphatic carbocycles. The van der Waals surface area contributed by atoms with E-state index in [0.29, 0.717) is 22.9 Å². The molecule has 0 aromatic carbocycles. The van der Waals surface area contributed by atoms with E-state index in [0.717, 1.165) is 5.06 Å². The number of ether oxygens (including phenoxy) is 1. The van der Waals surface area contributed by atoms with Crippen molar-refractivity contribution in [3.8, 4) is 0 Å². The predicted octanol–water partition coefficient (Wildman–Crippen LogP) is 3.39. The number of fused-ring (bicyclic) bond motifs is 12. The summed E-state index contributed by atoms with van der Waals surface area (Å²) in [4.78, 5) is 29.5. The molecule has 1 saturated carbocycles. The Morgan fingerprint density at radius 1 is 1.12 bits per heavy atom. The van der Waals surface area contributed by atoms with Gasteiger partial charge >= 0.3 is 0 Å². The third-order valence-electron chi connectivity index (χ3n) is 6.83. The zero-order valence-corrected chi connectivity index (χ0v) is 17.1. The number of alkyl halides is 2. The minimum absolute atomic E-state index is 0.236. The third kappa shape index (κ3) is 1.79. The number of allylic oxidation sites excluding steroid dienone is 2. The first-order valence-electron chi connectivity index (χ1n) is 8.81. The van der Waals surface area contributed by atoms with Gasteiger partial charge in [0.1, 0.15) is 0 Å². The van der Waals surface area contributed by atoms with Crippen LogP contribution in [-0.4, -0.2) is 44.9 Å². The lowest BCUT2D eigenvalue weighted by molar-refractivity contribution is -0.205. The van der Waals surface area contributed by atoms with Gasteiger partial charge in [-0.1, -0.05) is 30.1 Å². The van der Waals surface area contributed by atoms with E-state index in [-0.39, 0.29) is 29.8 Å². The highest BCUT2D eigenvalue weighted by Crippen LogP contribution is 2.75. The first-order chi connectivity index (χ1) is 12.2. The van der Waals surface area contributed by atoms with E-state index in [9.17, 15) is 9.59 Å². The first kappa shape index (κ1) is 18.0. The molecule has 26 heavy (non-hydrogen) atoms. The maximum Gasteiger partial charge on any atom is 0.260 e. The van der Waals surface area contributed by atoms with E-state index in [2.05, 4.69) is 0 Å². The largest absolute Gasteiger partial charge is 0.373 e. The third-order valence-corrected chi connectivity index (χ3v) is 9.32. The fourth-order valence-electron chi connectivity index (χ4n) is 5.62. The van der Waals surface area contributed by atoms with Gasteiger partial charge in [-0.2, -0.15) is 5.06 Å². The van der Waals surface area contributed by atoms with Gasteiger partial charge in [0, 0.05) is 11.8 Å². The summed E-state index contributed by atoms with van der Waals surface area (Å²) in [6.45, 7) is 3.75. The fraction of sp³-hybridized carbons (Fsp3) is 0.765. The van der Waals surface area contributed by atoms with E-state index in [1.807, 2.05) is 13.8 Å². The maximum atomic E-state index is 12.9. The summed E-state index contributed by atoms with van der Waals surface area (Å²) in [7, 11) is 0. The number of amides is 2. The molecule has 0 radical (unpaired) electrons. The Bertz CT molecular complexity index is 720. The number of carbonyl (C=O) groups excluding carboxylic acids is 2. The number of hydrogen-bond acceptors (Lipinski definition) is 4.